The van der Waals surface area contributed by atoms with Crippen LogP contribution in [-0.4, -0.2) is 13.7 Å². The number of rotatable bonds is 5. The molecule has 1 N–H and O–H groups in total. The fraction of sp³-hybridized carbons (Fsp3) is 0.556. The highest BCUT2D eigenvalue weighted by Crippen LogP contribution is 2.23. The van der Waals surface area contributed by atoms with Crippen molar-refractivity contribution in [1.29, 1.82) is 0 Å². The Balaban J connectivity index is 2.39. The topological polar surface area (TPSA) is 21.3 Å². The van der Waals surface area contributed by atoms with E-state index in [4.69, 9.17) is 4.74 Å². The van der Waals surface area contributed by atoms with Crippen LogP contribution in [0.25, 0.3) is 0 Å². The van der Waals surface area contributed by atoms with E-state index in [2.05, 4.69) is 17.6 Å². The first-order valence-corrected chi connectivity index (χ1v) is 5.07. The van der Waals surface area contributed by atoms with E-state index in [1.54, 1.807) is 18.4 Å². The Morgan fingerprint density at radius 2 is 2.42 bits per heavy atom. The third kappa shape index (κ3) is 2.50. The molecule has 0 amide bonds. The van der Waals surface area contributed by atoms with E-state index < -0.39 is 0 Å². The van der Waals surface area contributed by atoms with Gasteiger partial charge in [0.15, 0.2) is 0 Å². The van der Waals surface area contributed by atoms with Gasteiger partial charge in [0.05, 0.1) is 12.0 Å². The summed E-state index contributed by atoms with van der Waals surface area (Å²) in [6.45, 7) is 4.16. The van der Waals surface area contributed by atoms with Gasteiger partial charge < -0.3 is 10.1 Å². The van der Waals surface area contributed by atoms with Crippen LogP contribution in [0.3, 0.4) is 0 Å². The van der Waals surface area contributed by atoms with Crippen molar-refractivity contribution in [2.75, 3.05) is 13.7 Å². The zero-order valence-corrected chi connectivity index (χ0v) is 8.41. The minimum absolute atomic E-state index is 0.925. The molecule has 12 heavy (non-hydrogen) atoms. The smallest absolute Gasteiger partial charge is 0.134 e. The Morgan fingerprint density at radius 3 is 3.08 bits per heavy atom. The van der Waals surface area contributed by atoms with E-state index in [1.807, 2.05) is 6.07 Å². The van der Waals surface area contributed by atoms with E-state index in [0.717, 1.165) is 18.8 Å². The van der Waals surface area contributed by atoms with Gasteiger partial charge in [-0.05, 0) is 24.4 Å². The molecule has 1 aromatic rings. The minimum Gasteiger partial charge on any atom is -0.496 e. The average Bonchev–Trinajstić information content (AvgIpc) is 2.52. The van der Waals surface area contributed by atoms with Gasteiger partial charge in [-0.1, -0.05) is 6.92 Å². The molecule has 0 spiro atoms. The molecule has 0 saturated carbocycles. The second kappa shape index (κ2) is 5.17. The summed E-state index contributed by atoms with van der Waals surface area (Å²) >= 11 is 1.74. The van der Waals surface area contributed by atoms with Crippen molar-refractivity contribution in [3.63, 3.8) is 0 Å². The monoisotopic (exact) mass is 185 g/mol. The Morgan fingerprint density at radius 1 is 1.58 bits per heavy atom. The Hall–Kier alpha value is -0.540. The summed E-state index contributed by atoms with van der Waals surface area (Å²) in [4.78, 5) is 1.28. The summed E-state index contributed by atoms with van der Waals surface area (Å²) in [7, 11) is 1.71. The zero-order chi connectivity index (χ0) is 8.81. The molecule has 2 nitrogen and oxygen atoms in total. The van der Waals surface area contributed by atoms with Crippen molar-refractivity contribution >= 4 is 11.3 Å². The summed E-state index contributed by atoms with van der Waals surface area (Å²) in [6.07, 6.45) is 1.17. The van der Waals surface area contributed by atoms with E-state index in [0.29, 0.717) is 0 Å². The summed E-state index contributed by atoms with van der Waals surface area (Å²) in [5.74, 6) is 1.00. The first-order chi connectivity index (χ1) is 5.88. The van der Waals surface area contributed by atoms with Crippen molar-refractivity contribution in [3.05, 3.63) is 16.3 Å². The Labute approximate surface area is 77.6 Å². The molecule has 0 aliphatic carbocycles. The van der Waals surface area contributed by atoms with Crippen LogP contribution in [0.1, 0.15) is 18.2 Å². The third-order valence-corrected chi connectivity index (χ3v) is 2.54. The lowest BCUT2D eigenvalue weighted by Gasteiger charge is -2.02. The standard InChI is InChI=1S/C9H15NOS/c1-3-5-10-7-9-8(11-2)4-6-12-9/h4,6,10H,3,5,7H2,1-2H3. The molecular formula is C9H15NOS. The highest BCUT2D eigenvalue weighted by molar-refractivity contribution is 7.10. The fourth-order valence-electron chi connectivity index (χ4n) is 1.02. The quantitative estimate of drug-likeness (QED) is 0.710. The van der Waals surface area contributed by atoms with E-state index >= 15 is 0 Å². The maximum Gasteiger partial charge on any atom is 0.134 e. The molecule has 1 rings (SSSR count). The van der Waals surface area contributed by atoms with Gasteiger partial charge in [0, 0.05) is 6.54 Å². The summed E-state index contributed by atoms with van der Waals surface area (Å²) < 4.78 is 5.19. The molecule has 68 valence electrons. The molecule has 0 radical (unpaired) electrons. The highest BCUT2D eigenvalue weighted by atomic mass is 32.1. The van der Waals surface area contributed by atoms with Crippen molar-refractivity contribution in [2.24, 2.45) is 0 Å². The van der Waals surface area contributed by atoms with Gasteiger partial charge in [0.1, 0.15) is 5.75 Å². The molecule has 1 aromatic heterocycles. The van der Waals surface area contributed by atoms with Gasteiger partial charge in [-0.15, -0.1) is 11.3 Å². The molecule has 0 aliphatic heterocycles. The Bertz CT molecular complexity index is 222. The van der Waals surface area contributed by atoms with Gasteiger partial charge in [0.25, 0.3) is 0 Å². The lowest BCUT2D eigenvalue weighted by molar-refractivity contribution is 0.410. The van der Waals surface area contributed by atoms with Gasteiger partial charge in [-0.3, -0.25) is 0 Å². The lowest BCUT2D eigenvalue weighted by atomic mass is 10.4. The van der Waals surface area contributed by atoms with Crippen LogP contribution in [0.5, 0.6) is 5.75 Å². The number of nitrogens with one attached hydrogen (secondary N) is 1. The summed E-state index contributed by atoms with van der Waals surface area (Å²) in [5.41, 5.74) is 0. The summed E-state index contributed by atoms with van der Waals surface area (Å²) in [6, 6.07) is 2.01. The first-order valence-electron chi connectivity index (χ1n) is 4.19. The number of methoxy groups -OCH3 is 1. The van der Waals surface area contributed by atoms with Gasteiger partial charge >= 0.3 is 0 Å². The lowest BCUT2D eigenvalue weighted by Crippen LogP contribution is -2.13. The van der Waals surface area contributed by atoms with Crippen LogP contribution in [0.15, 0.2) is 11.4 Å². The molecule has 0 aliphatic rings. The second-order valence-electron chi connectivity index (χ2n) is 2.59. The average molecular weight is 185 g/mol. The molecule has 0 bridgehead atoms. The highest BCUT2D eigenvalue weighted by Gasteiger charge is 2.01. The number of ether oxygens (including phenoxy) is 1. The maximum atomic E-state index is 5.19. The van der Waals surface area contributed by atoms with E-state index in [9.17, 15) is 0 Å². The van der Waals surface area contributed by atoms with Crippen LogP contribution in [-0.2, 0) is 6.54 Å². The van der Waals surface area contributed by atoms with Gasteiger partial charge in [-0.25, -0.2) is 0 Å². The van der Waals surface area contributed by atoms with Crippen LogP contribution < -0.4 is 10.1 Å². The number of hydrogen-bond acceptors (Lipinski definition) is 3. The fourth-order valence-corrected chi connectivity index (χ4v) is 1.83. The molecular weight excluding hydrogens is 170 g/mol. The normalized spacial score (nSPS) is 10.2. The van der Waals surface area contributed by atoms with Crippen LogP contribution in [0, 0.1) is 0 Å². The Kier molecular flexibility index (Phi) is 4.11. The number of thiophene rings is 1. The predicted octanol–water partition coefficient (Wildman–Crippen LogP) is 2.26. The molecule has 3 heteroatoms. The predicted molar refractivity (Wildman–Crippen MR) is 52.9 cm³/mol. The minimum atomic E-state index is 0.925. The van der Waals surface area contributed by atoms with Crippen molar-refractivity contribution in [3.8, 4) is 5.75 Å². The van der Waals surface area contributed by atoms with E-state index in [1.165, 1.54) is 11.3 Å². The molecule has 0 saturated heterocycles. The second-order valence-corrected chi connectivity index (χ2v) is 3.59. The molecule has 1 heterocycles. The first kappa shape index (κ1) is 9.55. The third-order valence-electron chi connectivity index (χ3n) is 1.64. The largest absolute Gasteiger partial charge is 0.496 e. The van der Waals surface area contributed by atoms with Gasteiger partial charge in [0.2, 0.25) is 0 Å². The van der Waals surface area contributed by atoms with Crippen LogP contribution in [0.4, 0.5) is 0 Å². The zero-order valence-electron chi connectivity index (χ0n) is 7.59. The van der Waals surface area contributed by atoms with Gasteiger partial charge in [-0.2, -0.15) is 0 Å². The van der Waals surface area contributed by atoms with Crippen molar-refractivity contribution in [1.82, 2.24) is 5.32 Å². The molecule has 0 unspecified atom stereocenters. The van der Waals surface area contributed by atoms with E-state index in [-0.39, 0.29) is 0 Å². The van der Waals surface area contributed by atoms with Crippen LogP contribution in [0.2, 0.25) is 0 Å². The van der Waals surface area contributed by atoms with Crippen LogP contribution >= 0.6 is 11.3 Å². The van der Waals surface area contributed by atoms with Crippen molar-refractivity contribution in [2.45, 2.75) is 19.9 Å². The molecule has 0 aromatic carbocycles. The number of hydrogen-bond donors (Lipinski definition) is 1. The summed E-state index contributed by atoms with van der Waals surface area (Å²) in [5, 5.41) is 5.40. The maximum absolute atomic E-state index is 5.19. The molecule has 0 atom stereocenters. The SMILES string of the molecule is CCCNCc1sccc1OC. The van der Waals surface area contributed by atoms with Crippen molar-refractivity contribution < 1.29 is 4.74 Å². The molecule has 0 fully saturated rings.